The van der Waals surface area contributed by atoms with Crippen molar-refractivity contribution in [2.24, 2.45) is 0 Å². The Morgan fingerprint density at radius 1 is 1.57 bits per heavy atom. The summed E-state index contributed by atoms with van der Waals surface area (Å²) >= 11 is 0. The number of nitrogens with one attached hydrogen (secondary N) is 2. The van der Waals surface area contributed by atoms with Gasteiger partial charge in [0.15, 0.2) is 0 Å². The number of piperidine rings is 1. The second kappa shape index (κ2) is 3.92. The molecule has 1 atom stereocenters. The van der Waals surface area contributed by atoms with Crippen molar-refractivity contribution in [1.29, 1.82) is 0 Å². The van der Waals surface area contributed by atoms with E-state index in [4.69, 9.17) is 0 Å². The van der Waals surface area contributed by atoms with Gasteiger partial charge in [-0.15, -0.1) is 0 Å². The van der Waals surface area contributed by atoms with E-state index in [9.17, 15) is 4.79 Å². The fourth-order valence-corrected chi connectivity index (χ4v) is 1.99. The summed E-state index contributed by atoms with van der Waals surface area (Å²) < 4.78 is 0. The summed E-state index contributed by atoms with van der Waals surface area (Å²) in [6.07, 6.45) is 3.98. The number of aryl methyl sites for hydroxylation is 1. The molecule has 1 unspecified atom stereocenters. The average molecular weight is 193 g/mol. The minimum atomic E-state index is -0.240. The second-order valence-electron chi connectivity index (χ2n) is 3.83. The monoisotopic (exact) mass is 193 g/mol. The molecular formula is C10H15N3O. The summed E-state index contributed by atoms with van der Waals surface area (Å²) in [5.74, 6) is 0.444. The highest BCUT2D eigenvalue weighted by molar-refractivity contribution is 5.19. The van der Waals surface area contributed by atoms with Gasteiger partial charge in [0.2, 0.25) is 0 Å². The molecule has 4 heteroatoms. The summed E-state index contributed by atoms with van der Waals surface area (Å²) in [6, 6.07) is 0. The highest BCUT2D eigenvalue weighted by Gasteiger charge is 2.17. The van der Waals surface area contributed by atoms with Gasteiger partial charge in [0.1, 0.15) is 0 Å². The number of hydrogen-bond donors (Lipinski definition) is 2. The van der Waals surface area contributed by atoms with Gasteiger partial charge in [-0.25, -0.2) is 9.78 Å². The normalized spacial score (nSPS) is 22.2. The molecule has 1 aromatic rings. The van der Waals surface area contributed by atoms with Crippen LogP contribution in [0.4, 0.5) is 0 Å². The van der Waals surface area contributed by atoms with Crippen molar-refractivity contribution in [2.75, 3.05) is 13.1 Å². The first-order chi connectivity index (χ1) is 6.77. The van der Waals surface area contributed by atoms with E-state index in [1.54, 1.807) is 6.20 Å². The first kappa shape index (κ1) is 9.40. The molecule has 1 saturated heterocycles. The molecule has 0 bridgehead atoms. The third-order valence-electron chi connectivity index (χ3n) is 2.75. The quantitative estimate of drug-likeness (QED) is 0.684. The van der Waals surface area contributed by atoms with Crippen molar-refractivity contribution in [3.8, 4) is 0 Å². The van der Waals surface area contributed by atoms with Crippen molar-refractivity contribution in [3.63, 3.8) is 0 Å². The third-order valence-corrected chi connectivity index (χ3v) is 2.75. The minimum Gasteiger partial charge on any atom is -0.316 e. The topological polar surface area (TPSA) is 57.8 Å². The van der Waals surface area contributed by atoms with Crippen LogP contribution in [0.3, 0.4) is 0 Å². The molecule has 2 N–H and O–H groups in total. The van der Waals surface area contributed by atoms with Gasteiger partial charge in [-0.1, -0.05) is 0 Å². The zero-order chi connectivity index (χ0) is 9.97. The summed E-state index contributed by atoms with van der Waals surface area (Å²) in [6.45, 7) is 4.04. The Morgan fingerprint density at radius 2 is 2.43 bits per heavy atom. The zero-order valence-electron chi connectivity index (χ0n) is 8.34. The maximum absolute atomic E-state index is 11.1. The standard InChI is InChI=1S/C10H15N3O/c1-7-5-12-10(14)13-9(7)8-3-2-4-11-6-8/h5,8,11H,2-4,6H2,1H3,(H,12,13,14). The number of aromatic nitrogens is 2. The molecule has 0 spiro atoms. The Kier molecular flexibility index (Phi) is 2.63. The summed E-state index contributed by atoms with van der Waals surface area (Å²) in [7, 11) is 0. The van der Waals surface area contributed by atoms with E-state index < -0.39 is 0 Å². The molecule has 0 radical (unpaired) electrons. The molecule has 76 valence electrons. The third kappa shape index (κ3) is 1.85. The van der Waals surface area contributed by atoms with E-state index in [2.05, 4.69) is 15.3 Å². The van der Waals surface area contributed by atoms with Gasteiger partial charge >= 0.3 is 5.69 Å². The Balaban J connectivity index is 2.29. The number of nitrogens with zero attached hydrogens (tertiary/aromatic N) is 1. The molecular weight excluding hydrogens is 178 g/mol. The van der Waals surface area contributed by atoms with E-state index in [1.165, 1.54) is 6.42 Å². The molecule has 2 heterocycles. The van der Waals surface area contributed by atoms with E-state index in [0.29, 0.717) is 5.92 Å². The van der Waals surface area contributed by atoms with E-state index in [0.717, 1.165) is 30.8 Å². The molecule has 1 aliphatic rings. The van der Waals surface area contributed by atoms with Crippen LogP contribution in [0.2, 0.25) is 0 Å². The molecule has 2 rings (SSSR count). The summed E-state index contributed by atoms with van der Waals surface area (Å²) in [5, 5.41) is 3.34. The fraction of sp³-hybridized carbons (Fsp3) is 0.600. The van der Waals surface area contributed by atoms with Crippen LogP contribution >= 0.6 is 0 Å². The summed E-state index contributed by atoms with van der Waals surface area (Å²) in [4.78, 5) is 17.6. The van der Waals surface area contributed by atoms with Crippen molar-refractivity contribution in [3.05, 3.63) is 27.9 Å². The molecule has 1 aromatic heterocycles. The molecule has 14 heavy (non-hydrogen) atoms. The Hall–Kier alpha value is -1.16. The Bertz CT molecular complexity index is 366. The molecule has 0 aromatic carbocycles. The van der Waals surface area contributed by atoms with Gasteiger partial charge < -0.3 is 10.3 Å². The van der Waals surface area contributed by atoms with Crippen LogP contribution in [-0.2, 0) is 0 Å². The molecule has 1 aliphatic heterocycles. The number of aromatic amines is 1. The first-order valence-electron chi connectivity index (χ1n) is 5.04. The van der Waals surface area contributed by atoms with Crippen molar-refractivity contribution >= 4 is 0 Å². The average Bonchev–Trinajstić information content (AvgIpc) is 2.23. The van der Waals surface area contributed by atoms with Crippen LogP contribution in [0.5, 0.6) is 0 Å². The lowest BCUT2D eigenvalue weighted by atomic mass is 9.94. The van der Waals surface area contributed by atoms with Gasteiger partial charge in [0.25, 0.3) is 0 Å². The molecule has 4 nitrogen and oxygen atoms in total. The maximum Gasteiger partial charge on any atom is 0.345 e. The molecule has 0 aliphatic carbocycles. The van der Waals surface area contributed by atoms with Crippen molar-refractivity contribution < 1.29 is 0 Å². The lowest BCUT2D eigenvalue weighted by Crippen LogP contribution is -2.30. The predicted octanol–water partition coefficient (Wildman–Crippen LogP) is 0.545. The Morgan fingerprint density at radius 3 is 3.14 bits per heavy atom. The SMILES string of the molecule is Cc1cnc(=O)[nH]c1C1CCCNC1. The van der Waals surface area contributed by atoms with E-state index >= 15 is 0 Å². The van der Waals surface area contributed by atoms with Crippen LogP contribution in [-0.4, -0.2) is 23.1 Å². The largest absolute Gasteiger partial charge is 0.345 e. The molecule has 0 saturated carbocycles. The van der Waals surface area contributed by atoms with Crippen LogP contribution in [0.15, 0.2) is 11.0 Å². The van der Waals surface area contributed by atoms with Gasteiger partial charge in [0, 0.05) is 24.4 Å². The van der Waals surface area contributed by atoms with Crippen LogP contribution < -0.4 is 11.0 Å². The number of rotatable bonds is 1. The zero-order valence-corrected chi connectivity index (χ0v) is 8.34. The van der Waals surface area contributed by atoms with Crippen molar-refractivity contribution in [2.45, 2.75) is 25.7 Å². The van der Waals surface area contributed by atoms with Gasteiger partial charge in [-0.05, 0) is 31.9 Å². The fourth-order valence-electron chi connectivity index (χ4n) is 1.99. The minimum absolute atomic E-state index is 0.240. The maximum atomic E-state index is 11.1. The van der Waals surface area contributed by atoms with Crippen LogP contribution in [0.1, 0.15) is 30.0 Å². The van der Waals surface area contributed by atoms with Gasteiger partial charge in [0.05, 0.1) is 0 Å². The lowest BCUT2D eigenvalue weighted by Gasteiger charge is -2.23. The van der Waals surface area contributed by atoms with Crippen molar-refractivity contribution in [1.82, 2.24) is 15.3 Å². The van der Waals surface area contributed by atoms with Gasteiger partial charge in [-0.3, -0.25) is 0 Å². The smallest absolute Gasteiger partial charge is 0.316 e. The highest BCUT2D eigenvalue weighted by atomic mass is 16.1. The predicted molar refractivity (Wildman–Crippen MR) is 54.4 cm³/mol. The molecule has 0 amide bonds. The van der Waals surface area contributed by atoms with Crippen LogP contribution in [0.25, 0.3) is 0 Å². The van der Waals surface area contributed by atoms with E-state index in [-0.39, 0.29) is 5.69 Å². The number of H-pyrrole nitrogens is 1. The van der Waals surface area contributed by atoms with E-state index in [1.807, 2.05) is 6.92 Å². The summed E-state index contributed by atoms with van der Waals surface area (Å²) in [5.41, 5.74) is 1.90. The lowest BCUT2D eigenvalue weighted by molar-refractivity contribution is 0.452. The second-order valence-corrected chi connectivity index (χ2v) is 3.83. The highest BCUT2D eigenvalue weighted by Crippen LogP contribution is 2.22. The van der Waals surface area contributed by atoms with Gasteiger partial charge in [-0.2, -0.15) is 0 Å². The Labute approximate surface area is 82.8 Å². The first-order valence-corrected chi connectivity index (χ1v) is 5.04. The number of hydrogen-bond acceptors (Lipinski definition) is 3. The van der Waals surface area contributed by atoms with Crippen LogP contribution in [0, 0.1) is 6.92 Å². The molecule has 1 fully saturated rings.